The van der Waals surface area contributed by atoms with Crippen LogP contribution in [-0.2, 0) is 26.1 Å². The first kappa shape index (κ1) is 25.8. The summed E-state index contributed by atoms with van der Waals surface area (Å²) in [5, 5.41) is 2.20. The molecule has 1 unspecified atom stereocenters. The fraction of sp³-hybridized carbons (Fsp3) is 0.500. The van der Waals surface area contributed by atoms with E-state index in [9.17, 15) is 21.2 Å². The van der Waals surface area contributed by atoms with Crippen LogP contribution >= 0.6 is 0 Å². The lowest BCUT2D eigenvalue weighted by Gasteiger charge is -2.32. The highest BCUT2D eigenvalue weighted by Gasteiger charge is 2.45. The van der Waals surface area contributed by atoms with Crippen molar-refractivity contribution in [3.8, 4) is 0 Å². The second kappa shape index (κ2) is 10.6. The molecule has 2 aromatic carbocycles. The van der Waals surface area contributed by atoms with Crippen LogP contribution in [0.25, 0.3) is 0 Å². The lowest BCUT2D eigenvalue weighted by Crippen LogP contribution is -2.47. The van der Waals surface area contributed by atoms with Gasteiger partial charge in [-0.2, -0.15) is 0 Å². The van der Waals surface area contributed by atoms with E-state index >= 15 is 0 Å². The highest BCUT2D eigenvalue weighted by molar-refractivity contribution is 7.96. The Labute approximate surface area is 197 Å². The first-order valence-corrected chi connectivity index (χ1v) is 14.7. The molecule has 0 bridgehead atoms. The average molecular weight is 497 g/mol. The van der Waals surface area contributed by atoms with Gasteiger partial charge in [-0.3, -0.25) is 4.90 Å². The predicted octanol–water partition coefficient (Wildman–Crippen LogP) is 3.00. The van der Waals surface area contributed by atoms with Crippen LogP contribution in [0.15, 0.2) is 53.4 Å². The van der Waals surface area contributed by atoms with Gasteiger partial charge in [0.2, 0.25) is 0 Å². The quantitative estimate of drug-likeness (QED) is 0.545. The van der Waals surface area contributed by atoms with Gasteiger partial charge in [-0.1, -0.05) is 45.0 Å². The monoisotopic (exact) mass is 496 g/mol. The summed E-state index contributed by atoms with van der Waals surface area (Å²) < 4.78 is 65.2. The molecule has 0 aromatic heterocycles. The number of halogens is 1. The summed E-state index contributed by atoms with van der Waals surface area (Å²) in [6, 6.07) is 12.0. The summed E-state index contributed by atoms with van der Waals surface area (Å²) in [5.74, 6) is -0.944. The van der Waals surface area contributed by atoms with E-state index in [1.54, 1.807) is 36.4 Å². The number of sulfone groups is 2. The molecule has 182 valence electrons. The summed E-state index contributed by atoms with van der Waals surface area (Å²) in [4.78, 5) is 2.32. The highest BCUT2D eigenvalue weighted by atomic mass is 32.2. The molecule has 3 atom stereocenters. The Morgan fingerprint density at radius 1 is 1.00 bits per heavy atom. The fourth-order valence-corrected chi connectivity index (χ4v) is 9.19. The first-order valence-electron chi connectivity index (χ1n) is 11.4. The lowest BCUT2D eigenvalue weighted by molar-refractivity contribution is 0.209. The molecule has 1 aliphatic rings. The minimum atomic E-state index is -3.84. The van der Waals surface area contributed by atoms with Gasteiger partial charge < -0.3 is 5.32 Å². The van der Waals surface area contributed by atoms with Crippen molar-refractivity contribution in [3.05, 3.63) is 65.5 Å². The minimum Gasteiger partial charge on any atom is -0.310 e. The van der Waals surface area contributed by atoms with Crippen LogP contribution in [-0.4, -0.2) is 64.2 Å². The molecule has 2 aromatic rings. The van der Waals surface area contributed by atoms with Crippen molar-refractivity contribution in [1.82, 2.24) is 10.2 Å². The van der Waals surface area contributed by atoms with E-state index in [2.05, 4.69) is 10.2 Å². The molecule has 0 spiro atoms. The number of likely N-dealkylation sites (N-methyl/N-ethyl adjacent to an activating group) is 1. The van der Waals surface area contributed by atoms with Crippen molar-refractivity contribution in [2.75, 3.05) is 31.1 Å². The maximum absolute atomic E-state index is 13.5. The number of aryl methyl sites for hydroxylation is 1. The molecule has 33 heavy (non-hydrogen) atoms. The smallest absolute Gasteiger partial charge is 0.183 e. The number of nitrogens with zero attached hydrogens (tertiary/aromatic N) is 1. The summed E-state index contributed by atoms with van der Waals surface area (Å²) in [5.41, 5.74) is 1.91. The molecule has 1 aliphatic heterocycles. The Hall–Kier alpha value is -1.81. The van der Waals surface area contributed by atoms with Crippen molar-refractivity contribution in [2.45, 2.75) is 49.4 Å². The van der Waals surface area contributed by atoms with Crippen LogP contribution in [0.3, 0.4) is 0 Å². The van der Waals surface area contributed by atoms with Crippen molar-refractivity contribution < 1.29 is 21.2 Å². The molecule has 1 fully saturated rings. The molecule has 1 N–H and O–H groups in total. The topological polar surface area (TPSA) is 83.5 Å². The number of benzene rings is 2. The standard InChI is InChI=1S/C24H33FN2O4S2/c1-4-18-7-13-21(14-8-18)33(30,31)24-17-32(28,29)16-22(24)26-15-23(27(5-2)6-3)19-9-11-20(25)12-10-19/h7-14,22-24,26H,4-6,15-17H2,1-3H3/t22-,23?,24-/m0/s1. The van der Waals surface area contributed by atoms with Crippen LogP contribution in [0.4, 0.5) is 4.39 Å². The maximum Gasteiger partial charge on any atom is 0.183 e. The minimum absolute atomic E-state index is 0.143. The van der Waals surface area contributed by atoms with E-state index in [4.69, 9.17) is 0 Å². The van der Waals surface area contributed by atoms with Gasteiger partial charge in [0.05, 0.1) is 21.7 Å². The van der Waals surface area contributed by atoms with Gasteiger partial charge in [-0.15, -0.1) is 0 Å². The summed E-state index contributed by atoms with van der Waals surface area (Å²) >= 11 is 0. The molecule has 0 amide bonds. The van der Waals surface area contributed by atoms with E-state index in [0.717, 1.165) is 30.6 Å². The molecular formula is C24H33FN2O4S2. The predicted molar refractivity (Wildman–Crippen MR) is 129 cm³/mol. The molecule has 1 heterocycles. The van der Waals surface area contributed by atoms with Crippen LogP contribution < -0.4 is 5.32 Å². The molecular weight excluding hydrogens is 463 g/mol. The van der Waals surface area contributed by atoms with Gasteiger partial charge in [-0.05, 0) is 54.9 Å². The zero-order valence-corrected chi connectivity index (χ0v) is 21.0. The second-order valence-electron chi connectivity index (χ2n) is 8.46. The Morgan fingerprint density at radius 3 is 2.15 bits per heavy atom. The Kier molecular flexibility index (Phi) is 8.31. The van der Waals surface area contributed by atoms with Crippen molar-refractivity contribution in [2.24, 2.45) is 0 Å². The van der Waals surface area contributed by atoms with E-state index < -0.39 is 36.7 Å². The molecule has 0 saturated carbocycles. The van der Waals surface area contributed by atoms with E-state index in [1.165, 1.54) is 12.1 Å². The average Bonchev–Trinajstić information content (AvgIpc) is 3.12. The zero-order chi connectivity index (χ0) is 24.2. The SMILES string of the molecule is CCc1ccc(S(=O)(=O)[C@H]2CS(=O)(=O)C[C@@H]2NCC(c2ccc(F)cc2)N(CC)CC)cc1. The third kappa shape index (κ3) is 6.01. The summed E-state index contributed by atoms with van der Waals surface area (Å²) in [7, 11) is -7.34. The maximum atomic E-state index is 13.5. The van der Waals surface area contributed by atoms with Gasteiger partial charge in [0, 0.05) is 18.6 Å². The molecule has 0 aliphatic carbocycles. The lowest BCUT2D eigenvalue weighted by atomic mass is 10.0. The van der Waals surface area contributed by atoms with E-state index in [1.807, 2.05) is 20.8 Å². The van der Waals surface area contributed by atoms with Gasteiger partial charge in [-0.25, -0.2) is 21.2 Å². The van der Waals surface area contributed by atoms with Crippen LogP contribution in [0.2, 0.25) is 0 Å². The first-order chi connectivity index (χ1) is 15.6. The van der Waals surface area contributed by atoms with Crippen LogP contribution in [0.1, 0.15) is 37.9 Å². The zero-order valence-electron chi connectivity index (χ0n) is 19.4. The van der Waals surface area contributed by atoms with Gasteiger partial charge >= 0.3 is 0 Å². The molecule has 3 rings (SSSR count). The number of nitrogens with one attached hydrogen (secondary N) is 1. The molecule has 6 nitrogen and oxygen atoms in total. The van der Waals surface area contributed by atoms with Gasteiger partial charge in [0.25, 0.3) is 0 Å². The van der Waals surface area contributed by atoms with Crippen LogP contribution in [0, 0.1) is 5.82 Å². The Bertz CT molecular complexity index is 1130. The number of hydrogen-bond acceptors (Lipinski definition) is 6. The van der Waals surface area contributed by atoms with Crippen molar-refractivity contribution in [3.63, 3.8) is 0 Å². The van der Waals surface area contributed by atoms with Gasteiger partial charge in [0.1, 0.15) is 5.82 Å². The molecule has 1 saturated heterocycles. The van der Waals surface area contributed by atoms with Gasteiger partial charge in [0.15, 0.2) is 19.7 Å². The Balaban J connectivity index is 1.86. The van der Waals surface area contributed by atoms with Crippen molar-refractivity contribution >= 4 is 19.7 Å². The largest absolute Gasteiger partial charge is 0.310 e. The molecule has 0 radical (unpaired) electrons. The van der Waals surface area contributed by atoms with E-state index in [-0.39, 0.29) is 22.5 Å². The second-order valence-corrected chi connectivity index (χ2v) is 12.8. The normalized spacial score (nSPS) is 21.4. The van der Waals surface area contributed by atoms with Crippen molar-refractivity contribution in [1.29, 1.82) is 0 Å². The van der Waals surface area contributed by atoms with Crippen LogP contribution in [0.5, 0.6) is 0 Å². The number of hydrogen-bond donors (Lipinski definition) is 1. The molecule has 9 heteroatoms. The van der Waals surface area contributed by atoms with E-state index in [0.29, 0.717) is 6.54 Å². The number of rotatable bonds is 10. The third-order valence-electron chi connectivity index (χ3n) is 6.44. The Morgan fingerprint density at radius 2 is 1.61 bits per heavy atom. The summed E-state index contributed by atoms with van der Waals surface area (Å²) in [6.45, 7) is 7.87. The third-order valence-corrected chi connectivity index (χ3v) is 10.6. The fourth-order valence-electron chi connectivity index (χ4n) is 4.47. The summed E-state index contributed by atoms with van der Waals surface area (Å²) in [6.07, 6.45) is 0.790. The highest BCUT2D eigenvalue weighted by Crippen LogP contribution is 2.28.